The van der Waals surface area contributed by atoms with Crippen LogP contribution in [0.5, 0.6) is 5.75 Å². The summed E-state index contributed by atoms with van der Waals surface area (Å²) in [5, 5.41) is 18.9. The van der Waals surface area contributed by atoms with Gasteiger partial charge in [-0.3, -0.25) is 9.59 Å². The highest BCUT2D eigenvalue weighted by atomic mass is 16.3. The molecule has 4 rings (SSSR count). The first kappa shape index (κ1) is 17.5. The number of carbonyl (C=O) groups is 1. The van der Waals surface area contributed by atoms with Crippen molar-refractivity contribution in [1.29, 1.82) is 0 Å². The van der Waals surface area contributed by atoms with Gasteiger partial charge in [0.2, 0.25) is 0 Å². The molecule has 6 heteroatoms. The van der Waals surface area contributed by atoms with Crippen molar-refractivity contribution in [1.82, 2.24) is 9.78 Å². The Morgan fingerprint density at radius 3 is 2.57 bits per heavy atom. The van der Waals surface area contributed by atoms with Gasteiger partial charge in [0.05, 0.1) is 5.69 Å². The number of rotatable bonds is 3. The molecule has 0 saturated heterocycles. The van der Waals surface area contributed by atoms with Crippen LogP contribution in [0.1, 0.15) is 16.1 Å². The quantitative estimate of drug-likeness (QED) is 0.576. The Bertz CT molecular complexity index is 1260. The third-order valence-corrected chi connectivity index (χ3v) is 4.41. The zero-order valence-electron chi connectivity index (χ0n) is 15.1. The van der Waals surface area contributed by atoms with Crippen LogP contribution in [-0.2, 0) is 0 Å². The predicted octanol–water partition coefficient (Wildman–Crippen LogP) is 3.65. The average molecular weight is 371 g/mol. The minimum absolute atomic E-state index is 0.228. The van der Waals surface area contributed by atoms with E-state index >= 15 is 0 Å². The van der Waals surface area contributed by atoms with Gasteiger partial charge in [0.15, 0.2) is 11.4 Å². The summed E-state index contributed by atoms with van der Waals surface area (Å²) in [6, 6.07) is 21.3. The van der Waals surface area contributed by atoms with E-state index in [1.807, 2.05) is 49.4 Å². The Morgan fingerprint density at radius 2 is 1.75 bits per heavy atom. The summed E-state index contributed by atoms with van der Waals surface area (Å²) >= 11 is 0. The molecule has 0 aliphatic carbocycles. The highest BCUT2D eigenvalue weighted by molar-refractivity contribution is 6.09. The number of anilines is 1. The van der Waals surface area contributed by atoms with Crippen molar-refractivity contribution < 1.29 is 9.90 Å². The molecule has 138 valence electrons. The molecule has 28 heavy (non-hydrogen) atoms. The number of aryl methyl sites for hydroxylation is 1. The average Bonchev–Trinajstić information content (AvgIpc) is 2.68. The van der Waals surface area contributed by atoms with Gasteiger partial charge in [0.25, 0.3) is 11.5 Å². The molecule has 1 aromatic heterocycles. The number of carbonyl (C=O) groups excluding carboxylic acids is 1. The zero-order valence-corrected chi connectivity index (χ0v) is 15.1. The molecule has 0 unspecified atom stereocenters. The topological polar surface area (TPSA) is 84.2 Å². The number of nitrogens with zero attached hydrogens (tertiary/aromatic N) is 2. The van der Waals surface area contributed by atoms with E-state index in [0.29, 0.717) is 11.4 Å². The number of hydrogen-bond acceptors (Lipinski definition) is 4. The summed E-state index contributed by atoms with van der Waals surface area (Å²) in [5.41, 5.74) is 1.31. The summed E-state index contributed by atoms with van der Waals surface area (Å²) in [5.74, 6) is -1.07. The largest absolute Gasteiger partial charge is 0.505 e. The molecule has 0 aliphatic heterocycles. The van der Waals surface area contributed by atoms with Crippen LogP contribution in [0.4, 0.5) is 5.69 Å². The van der Waals surface area contributed by atoms with Gasteiger partial charge in [-0.15, -0.1) is 0 Å². The van der Waals surface area contributed by atoms with E-state index in [2.05, 4.69) is 10.4 Å². The van der Waals surface area contributed by atoms with E-state index in [4.69, 9.17) is 0 Å². The molecule has 3 aromatic carbocycles. The van der Waals surface area contributed by atoms with E-state index in [1.165, 1.54) is 0 Å². The van der Waals surface area contributed by atoms with Crippen molar-refractivity contribution in [3.63, 3.8) is 0 Å². The molecule has 2 N–H and O–H groups in total. The van der Waals surface area contributed by atoms with E-state index < -0.39 is 17.2 Å². The molecule has 1 heterocycles. The first-order valence-electron chi connectivity index (χ1n) is 8.72. The lowest BCUT2D eigenvalue weighted by atomic mass is 10.1. The highest BCUT2D eigenvalue weighted by Gasteiger charge is 2.18. The fourth-order valence-corrected chi connectivity index (χ4v) is 3.07. The van der Waals surface area contributed by atoms with Gasteiger partial charge in [0.1, 0.15) is 0 Å². The second-order valence-corrected chi connectivity index (χ2v) is 6.45. The van der Waals surface area contributed by atoms with Crippen molar-refractivity contribution >= 4 is 22.4 Å². The molecule has 0 atom stereocenters. The minimum atomic E-state index is -0.602. The lowest BCUT2D eigenvalue weighted by Crippen LogP contribution is -2.25. The second-order valence-electron chi connectivity index (χ2n) is 6.45. The maximum absolute atomic E-state index is 12.8. The van der Waals surface area contributed by atoms with Gasteiger partial charge in [0, 0.05) is 17.1 Å². The normalized spacial score (nSPS) is 10.8. The smallest absolute Gasteiger partial charge is 0.280 e. The highest BCUT2D eigenvalue weighted by Crippen LogP contribution is 2.24. The van der Waals surface area contributed by atoms with E-state index in [1.54, 1.807) is 24.3 Å². The van der Waals surface area contributed by atoms with Crippen molar-refractivity contribution in [3.05, 3.63) is 94.4 Å². The molecule has 1 amide bonds. The van der Waals surface area contributed by atoms with Gasteiger partial charge in [-0.25, -0.2) is 0 Å². The van der Waals surface area contributed by atoms with Crippen molar-refractivity contribution in [2.75, 3.05) is 5.32 Å². The van der Waals surface area contributed by atoms with Crippen molar-refractivity contribution in [2.24, 2.45) is 0 Å². The minimum Gasteiger partial charge on any atom is -0.505 e. The summed E-state index contributed by atoms with van der Waals surface area (Å²) < 4.78 is 1.10. The fraction of sp³-hybridized carbons (Fsp3) is 0.0455. The summed E-state index contributed by atoms with van der Waals surface area (Å²) in [6.07, 6.45) is 0. The summed E-state index contributed by atoms with van der Waals surface area (Å²) in [6.45, 7) is 1.89. The van der Waals surface area contributed by atoms with Crippen LogP contribution in [0.3, 0.4) is 0 Å². The molecule has 0 bridgehead atoms. The Hall–Kier alpha value is -3.93. The van der Waals surface area contributed by atoms with Gasteiger partial charge in [-0.05, 0) is 36.1 Å². The fourth-order valence-electron chi connectivity index (χ4n) is 3.07. The lowest BCUT2D eigenvalue weighted by molar-refractivity contribution is 0.101. The molecular formula is C22H17N3O3. The Morgan fingerprint density at radius 1 is 1.00 bits per heavy atom. The van der Waals surface area contributed by atoms with E-state index in [9.17, 15) is 14.7 Å². The Kier molecular flexibility index (Phi) is 4.37. The zero-order chi connectivity index (χ0) is 19.7. The number of nitrogens with one attached hydrogen (secondary N) is 1. The molecule has 0 aliphatic rings. The van der Waals surface area contributed by atoms with Crippen LogP contribution in [0.25, 0.3) is 16.5 Å². The molecule has 0 spiro atoms. The molecule has 6 nitrogen and oxygen atoms in total. The lowest BCUT2D eigenvalue weighted by Gasteiger charge is -2.11. The van der Waals surface area contributed by atoms with Crippen LogP contribution in [0.2, 0.25) is 0 Å². The van der Waals surface area contributed by atoms with E-state index in [-0.39, 0.29) is 5.69 Å². The van der Waals surface area contributed by atoms with Crippen LogP contribution in [0.15, 0.2) is 77.6 Å². The van der Waals surface area contributed by atoms with Crippen molar-refractivity contribution in [3.8, 4) is 11.4 Å². The molecular weight excluding hydrogens is 354 g/mol. The number of aromatic nitrogens is 2. The van der Waals surface area contributed by atoms with Crippen LogP contribution >= 0.6 is 0 Å². The van der Waals surface area contributed by atoms with Crippen LogP contribution < -0.4 is 10.9 Å². The van der Waals surface area contributed by atoms with Gasteiger partial charge >= 0.3 is 0 Å². The summed E-state index contributed by atoms with van der Waals surface area (Å²) in [4.78, 5) is 25.1. The first-order valence-corrected chi connectivity index (χ1v) is 8.72. The number of amides is 1. The van der Waals surface area contributed by atoms with Gasteiger partial charge in [-0.1, -0.05) is 48.5 Å². The van der Waals surface area contributed by atoms with Gasteiger partial charge < -0.3 is 10.4 Å². The number of aromatic hydroxyl groups is 1. The Balaban J connectivity index is 1.75. The van der Waals surface area contributed by atoms with Crippen LogP contribution in [-0.4, -0.2) is 20.8 Å². The number of benzene rings is 3. The van der Waals surface area contributed by atoms with Crippen molar-refractivity contribution in [2.45, 2.75) is 6.92 Å². The standard InChI is InChI=1S/C22H17N3O3/c1-14-6-4-9-16(12-14)25-20(27)13-19(26)21(24-25)22(28)23-18-11-5-8-15-7-2-3-10-17(15)18/h2-13,26H,1H3,(H,23,28). The van der Waals surface area contributed by atoms with Crippen LogP contribution in [0, 0.1) is 6.92 Å². The second kappa shape index (κ2) is 7.00. The predicted molar refractivity (Wildman–Crippen MR) is 108 cm³/mol. The van der Waals surface area contributed by atoms with Gasteiger partial charge in [-0.2, -0.15) is 9.78 Å². The first-order chi connectivity index (χ1) is 13.5. The SMILES string of the molecule is Cc1cccc(-n2nc(C(=O)Nc3cccc4ccccc34)c(O)cc2=O)c1. The molecule has 0 saturated carbocycles. The Labute approximate surface area is 160 Å². The third-order valence-electron chi connectivity index (χ3n) is 4.41. The maximum Gasteiger partial charge on any atom is 0.280 e. The molecule has 4 aromatic rings. The molecule has 0 fully saturated rings. The number of hydrogen-bond donors (Lipinski definition) is 2. The third kappa shape index (κ3) is 3.23. The summed E-state index contributed by atoms with van der Waals surface area (Å²) in [7, 11) is 0. The van der Waals surface area contributed by atoms with E-state index in [0.717, 1.165) is 27.1 Å². The molecule has 0 radical (unpaired) electrons. The monoisotopic (exact) mass is 371 g/mol. The number of fused-ring (bicyclic) bond motifs is 1. The maximum atomic E-state index is 12.8.